The van der Waals surface area contributed by atoms with Gasteiger partial charge in [-0.05, 0) is 6.42 Å². The molecule has 0 aromatic heterocycles. The Labute approximate surface area is 92.6 Å². The van der Waals surface area contributed by atoms with Crippen molar-refractivity contribution in [1.29, 1.82) is 0 Å². The lowest BCUT2D eigenvalue weighted by atomic mass is 9.90. The molecule has 0 bridgehead atoms. The van der Waals surface area contributed by atoms with Crippen LogP contribution in [-0.2, 0) is 0 Å². The molecular formula is C9H11F7O. The van der Waals surface area contributed by atoms with E-state index in [4.69, 9.17) is 5.11 Å². The summed E-state index contributed by atoms with van der Waals surface area (Å²) >= 11 is 0. The average molecular weight is 268 g/mol. The van der Waals surface area contributed by atoms with Crippen LogP contribution in [-0.4, -0.2) is 35.1 Å². The summed E-state index contributed by atoms with van der Waals surface area (Å²) in [5, 5.41) is 9.04. The van der Waals surface area contributed by atoms with Crippen LogP contribution in [0.5, 0.6) is 0 Å². The second-order valence-electron chi connectivity index (χ2n) is 4.25. The second kappa shape index (κ2) is 3.73. The van der Waals surface area contributed by atoms with Crippen LogP contribution in [0.1, 0.15) is 19.8 Å². The molecule has 1 nitrogen and oxygen atoms in total. The summed E-state index contributed by atoms with van der Waals surface area (Å²) in [6.45, 7) is -0.934. The smallest absolute Gasteiger partial charge is 0.376 e. The third kappa shape index (κ3) is 1.71. The number of halogens is 7. The Morgan fingerprint density at radius 2 is 1.71 bits per heavy atom. The minimum absolute atomic E-state index is 0.727. The fraction of sp³-hybridized carbons (Fsp3) is 1.00. The summed E-state index contributed by atoms with van der Waals surface area (Å²) < 4.78 is 90.3. The van der Waals surface area contributed by atoms with E-state index >= 15 is 0 Å². The summed E-state index contributed by atoms with van der Waals surface area (Å²) in [5.41, 5.74) is -7.58. The maximum absolute atomic E-state index is 13.8. The van der Waals surface area contributed by atoms with E-state index in [2.05, 4.69) is 0 Å². The van der Waals surface area contributed by atoms with Crippen molar-refractivity contribution in [3.63, 3.8) is 0 Å². The van der Waals surface area contributed by atoms with Crippen molar-refractivity contribution in [2.45, 2.75) is 43.1 Å². The summed E-state index contributed by atoms with van der Waals surface area (Å²) in [7, 11) is 0. The lowest BCUT2D eigenvalue weighted by Crippen LogP contribution is -2.57. The molecule has 3 atom stereocenters. The van der Waals surface area contributed by atoms with Gasteiger partial charge in [-0.2, -0.15) is 13.2 Å². The van der Waals surface area contributed by atoms with Crippen LogP contribution in [0, 0.1) is 5.92 Å². The van der Waals surface area contributed by atoms with Crippen molar-refractivity contribution in [3.8, 4) is 0 Å². The molecule has 3 unspecified atom stereocenters. The molecule has 0 radical (unpaired) electrons. The molecule has 17 heavy (non-hydrogen) atoms. The maximum Gasteiger partial charge on any atom is 0.423 e. The Morgan fingerprint density at radius 3 is 1.94 bits per heavy atom. The van der Waals surface area contributed by atoms with E-state index in [9.17, 15) is 30.7 Å². The lowest BCUT2D eigenvalue weighted by molar-refractivity contribution is -0.327. The number of alkyl halides is 7. The first-order chi connectivity index (χ1) is 7.46. The standard InChI is InChI=1S/C9H11F7O/c1-2-6(11)4-7(17,9(14,15)16)8(12,13)5(6)3-10/h5,17H,2-4H2,1H3. The highest BCUT2D eigenvalue weighted by atomic mass is 19.4. The minimum atomic E-state index is -5.72. The van der Waals surface area contributed by atoms with Gasteiger partial charge in [-0.25, -0.2) is 13.2 Å². The Balaban J connectivity index is 3.31. The monoisotopic (exact) mass is 268 g/mol. The number of hydrogen-bond acceptors (Lipinski definition) is 1. The van der Waals surface area contributed by atoms with Crippen LogP contribution >= 0.6 is 0 Å². The molecule has 1 aliphatic rings. The van der Waals surface area contributed by atoms with Gasteiger partial charge < -0.3 is 5.11 Å². The first-order valence-corrected chi connectivity index (χ1v) is 4.88. The van der Waals surface area contributed by atoms with Crippen LogP contribution in [0.4, 0.5) is 30.7 Å². The third-order valence-corrected chi connectivity index (χ3v) is 3.37. The molecule has 1 N–H and O–H groups in total. The predicted molar refractivity (Wildman–Crippen MR) is 44.2 cm³/mol. The zero-order chi connectivity index (χ0) is 13.7. The second-order valence-corrected chi connectivity index (χ2v) is 4.25. The molecular weight excluding hydrogens is 257 g/mol. The van der Waals surface area contributed by atoms with Crippen LogP contribution in [0.2, 0.25) is 0 Å². The van der Waals surface area contributed by atoms with Gasteiger partial charge in [0.2, 0.25) is 5.60 Å². The van der Waals surface area contributed by atoms with Crippen LogP contribution in [0.3, 0.4) is 0 Å². The molecule has 0 saturated heterocycles. The van der Waals surface area contributed by atoms with Gasteiger partial charge in [0.15, 0.2) is 0 Å². The van der Waals surface area contributed by atoms with E-state index in [0.717, 1.165) is 6.92 Å². The summed E-state index contributed by atoms with van der Waals surface area (Å²) in [6, 6.07) is 0. The van der Waals surface area contributed by atoms with Crippen molar-refractivity contribution >= 4 is 0 Å². The zero-order valence-electron chi connectivity index (χ0n) is 8.79. The Hall–Kier alpha value is -0.530. The largest absolute Gasteiger partial charge is 0.423 e. The molecule has 8 heteroatoms. The maximum atomic E-state index is 13.8. The molecule has 0 spiro atoms. The fourth-order valence-electron chi connectivity index (χ4n) is 2.18. The fourth-order valence-corrected chi connectivity index (χ4v) is 2.18. The molecule has 0 aromatic carbocycles. The van der Waals surface area contributed by atoms with E-state index < -0.39 is 48.8 Å². The molecule has 1 fully saturated rings. The van der Waals surface area contributed by atoms with E-state index in [1.54, 1.807) is 0 Å². The van der Waals surface area contributed by atoms with Crippen molar-refractivity contribution in [2.75, 3.05) is 6.67 Å². The normalized spacial score (nSPS) is 41.8. The Bertz CT molecular complexity index is 302. The van der Waals surface area contributed by atoms with E-state index in [0.29, 0.717) is 0 Å². The number of rotatable bonds is 2. The topological polar surface area (TPSA) is 20.2 Å². The minimum Gasteiger partial charge on any atom is -0.376 e. The van der Waals surface area contributed by atoms with Gasteiger partial charge in [-0.1, -0.05) is 6.92 Å². The van der Waals surface area contributed by atoms with Gasteiger partial charge in [-0.3, -0.25) is 4.39 Å². The first kappa shape index (κ1) is 14.5. The van der Waals surface area contributed by atoms with E-state index in [1.807, 2.05) is 0 Å². The number of hydrogen-bond donors (Lipinski definition) is 1. The van der Waals surface area contributed by atoms with Crippen molar-refractivity contribution in [1.82, 2.24) is 0 Å². The molecule has 102 valence electrons. The van der Waals surface area contributed by atoms with Gasteiger partial charge in [0.05, 0.1) is 5.92 Å². The van der Waals surface area contributed by atoms with Gasteiger partial charge in [0.1, 0.15) is 12.3 Å². The van der Waals surface area contributed by atoms with Gasteiger partial charge in [0, 0.05) is 6.42 Å². The summed E-state index contributed by atoms with van der Waals surface area (Å²) in [4.78, 5) is 0. The Morgan fingerprint density at radius 1 is 1.24 bits per heavy atom. The lowest BCUT2D eigenvalue weighted by Gasteiger charge is -2.32. The molecule has 1 aliphatic carbocycles. The van der Waals surface area contributed by atoms with Crippen LogP contribution in [0.25, 0.3) is 0 Å². The number of aliphatic hydroxyl groups is 1. The highest BCUT2D eigenvalue weighted by Crippen LogP contribution is 2.61. The highest BCUT2D eigenvalue weighted by molar-refractivity contribution is 5.17. The van der Waals surface area contributed by atoms with E-state index in [-0.39, 0.29) is 0 Å². The quantitative estimate of drug-likeness (QED) is 0.763. The van der Waals surface area contributed by atoms with Gasteiger partial charge in [0.25, 0.3) is 5.92 Å². The van der Waals surface area contributed by atoms with Crippen LogP contribution in [0.15, 0.2) is 0 Å². The average Bonchev–Trinajstić information content (AvgIpc) is 2.31. The van der Waals surface area contributed by atoms with Crippen molar-refractivity contribution in [2.24, 2.45) is 5.92 Å². The van der Waals surface area contributed by atoms with Crippen LogP contribution < -0.4 is 0 Å². The summed E-state index contributed by atoms with van der Waals surface area (Å²) in [5.74, 6) is -7.67. The van der Waals surface area contributed by atoms with Crippen molar-refractivity contribution in [3.05, 3.63) is 0 Å². The molecule has 0 aliphatic heterocycles. The highest BCUT2D eigenvalue weighted by Gasteiger charge is 2.81. The van der Waals surface area contributed by atoms with Crippen molar-refractivity contribution < 1.29 is 35.8 Å². The molecule has 0 aromatic rings. The van der Waals surface area contributed by atoms with Gasteiger partial charge in [-0.15, -0.1) is 0 Å². The SMILES string of the molecule is CCC1(F)CC(O)(C(F)(F)F)C(F)(F)C1CF. The van der Waals surface area contributed by atoms with E-state index in [1.165, 1.54) is 0 Å². The molecule has 0 heterocycles. The Kier molecular flexibility index (Phi) is 3.19. The third-order valence-electron chi connectivity index (χ3n) is 3.37. The molecule has 1 rings (SSSR count). The zero-order valence-corrected chi connectivity index (χ0v) is 8.79. The molecule has 1 saturated carbocycles. The first-order valence-electron chi connectivity index (χ1n) is 4.88. The predicted octanol–water partition coefficient (Wildman–Crippen LogP) is 3.02. The van der Waals surface area contributed by atoms with Gasteiger partial charge >= 0.3 is 6.18 Å². The summed E-state index contributed by atoms with van der Waals surface area (Å²) in [6.07, 6.45) is -8.29. The molecule has 0 amide bonds.